The first-order valence-electron chi connectivity index (χ1n) is 18.3. The Kier molecular flexibility index (Phi) is 13.1. The summed E-state index contributed by atoms with van der Waals surface area (Å²) in [6.07, 6.45) is 6.66. The fraction of sp³-hybridized carbons (Fsp3) is 0.174. The predicted molar refractivity (Wildman–Crippen MR) is 231 cm³/mol. The van der Waals surface area contributed by atoms with Crippen LogP contribution < -0.4 is 20.1 Å². The standard InChI is InChI=1S/C46H42N4O2.2ClH/c1(3-17-31-51-43-29-15-13-27-41(43)49-45-33-19-5-9-23-37(33)47-38-24-10-6-20-34(38)45)2-4-18-32-52-44-30-16-14-28-42(44)50-46-35-21-7-11-25-39(35)48-40-26-12-8-22-36(40)46;;/h5-16,19-30H,1-4,17-18,31-32H2,(H,47,49)(H,48,50);2*1H. The highest BCUT2D eigenvalue weighted by Crippen LogP contribution is 2.37. The summed E-state index contributed by atoms with van der Waals surface area (Å²) >= 11 is 0. The lowest BCUT2D eigenvalue weighted by atomic mass is 10.1. The van der Waals surface area contributed by atoms with E-state index in [1.165, 1.54) is 12.8 Å². The summed E-state index contributed by atoms with van der Waals surface area (Å²) in [5, 5.41) is 11.8. The molecular weight excluding hydrogens is 711 g/mol. The average molecular weight is 756 g/mol. The van der Waals surface area contributed by atoms with E-state index in [1.807, 2.05) is 60.7 Å². The van der Waals surface area contributed by atoms with E-state index in [2.05, 4.69) is 95.6 Å². The van der Waals surface area contributed by atoms with Crippen LogP contribution >= 0.6 is 24.8 Å². The number of nitrogens with zero attached hydrogens (tertiary/aromatic N) is 2. The molecule has 0 radical (unpaired) electrons. The van der Waals surface area contributed by atoms with Crippen molar-refractivity contribution >= 4 is 91.2 Å². The molecule has 0 saturated heterocycles. The van der Waals surface area contributed by atoms with Crippen LogP contribution in [-0.2, 0) is 0 Å². The number of aromatic nitrogens is 2. The molecule has 0 unspecified atom stereocenters. The first-order valence-corrected chi connectivity index (χ1v) is 18.3. The van der Waals surface area contributed by atoms with Crippen molar-refractivity contribution < 1.29 is 9.47 Å². The fourth-order valence-electron chi connectivity index (χ4n) is 6.89. The number of rotatable bonds is 15. The minimum Gasteiger partial charge on any atom is -0.491 e. The molecule has 0 aliphatic heterocycles. The molecule has 274 valence electrons. The number of anilines is 4. The molecule has 8 rings (SSSR count). The Morgan fingerprint density at radius 1 is 0.352 bits per heavy atom. The molecule has 0 aliphatic rings. The van der Waals surface area contributed by atoms with E-state index in [0.29, 0.717) is 13.2 Å². The van der Waals surface area contributed by atoms with Gasteiger partial charge in [0.15, 0.2) is 0 Å². The molecule has 8 heteroatoms. The van der Waals surface area contributed by atoms with E-state index in [4.69, 9.17) is 19.4 Å². The van der Waals surface area contributed by atoms with Gasteiger partial charge in [0, 0.05) is 21.5 Å². The third-order valence-corrected chi connectivity index (χ3v) is 9.52. The topological polar surface area (TPSA) is 68.3 Å². The van der Waals surface area contributed by atoms with Gasteiger partial charge >= 0.3 is 0 Å². The molecule has 8 aromatic rings. The number of hydrogen-bond acceptors (Lipinski definition) is 6. The monoisotopic (exact) mass is 754 g/mol. The Hall–Kier alpha value is -5.56. The van der Waals surface area contributed by atoms with Crippen molar-refractivity contribution in [3.63, 3.8) is 0 Å². The first kappa shape index (κ1) is 38.2. The number of ether oxygens (including phenoxy) is 2. The quantitative estimate of drug-likeness (QED) is 0.0802. The van der Waals surface area contributed by atoms with Crippen LogP contribution in [0.4, 0.5) is 22.7 Å². The van der Waals surface area contributed by atoms with Crippen LogP contribution in [-0.4, -0.2) is 23.2 Å². The summed E-state index contributed by atoms with van der Waals surface area (Å²) in [5.41, 5.74) is 7.91. The van der Waals surface area contributed by atoms with E-state index in [1.54, 1.807) is 0 Å². The fourth-order valence-corrected chi connectivity index (χ4v) is 6.89. The molecule has 0 spiro atoms. The number of halogens is 2. The molecule has 0 bridgehead atoms. The van der Waals surface area contributed by atoms with Gasteiger partial charge in [0.2, 0.25) is 0 Å². The average Bonchev–Trinajstić information content (AvgIpc) is 3.19. The molecule has 0 saturated carbocycles. The summed E-state index contributed by atoms with van der Waals surface area (Å²) in [6, 6.07) is 49.5. The summed E-state index contributed by atoms with van der Waals surface area (Å²) < 4.78 is 12.6. The Balaban J connectivity index is 0.00000249. The number of benzene rings is 6. The Labute approximate surface area is 328 Å². The first-order chi connectivity index (χ1) is 25.8. The van der Waals surface area contributed by atoms with E-state index < -0.39 is 0 Å². The number of nitrogens with one attached hydrogen (secondary N) is 2. The smallest absolute Gasteiger partial charge is 0.142 e. The van der Waals surface area contributed by atoms with Crippen molar-refractivity contribution in [2.45, 2.75) is 38.5 Å². The van der Waals surface area contributed by atoms with Gasteiger partial charge in [-0.3, -0.25) is 0 Å². The molecule has 2 heterocycles. The molecule has 0 fully saturated rings. The SMILES string of the molecule is Cl.Cl.c1ccc(OCCCCCCCCOc2ccccc2Nc2c3ccccc3nc3ccccc23)c(Nc2c3ccccc3nc3ccccc23)c1. The van der Waals surface area contributed by atoms with Crippen molar-refractivity contribution in [1.29, 1.82) is 0 Å². The Morgan fingerprint density at radius 2 is 0.648 bits per heavy atom. The van der Waals surface area contributed by atoms with Crippen LogP contribution in [0.5, 0.6) is 11.5 Å². The molecule has 6 aromatic carbocycles. The molecule has 0 aliphatic carbocycles. The van der Waals surface area contributed by atoms with Crippen molar-refractivity contribution in [2.75, 3.05) is 23.8 Å². The summed E-state index contributed by atoms with van der Waals surface area (Å²) in [6.45, 7) is 1.37. The lowest BCUT2D eigenvalue weighted by molar-refractivity contribution is 0.298. The maximum absolute atomic E-state index is 6.32. The maximum Gasteiger partial charge on any atom is 0.142 e. The summed E-state index contributed by atoms with van der Waals surface area (Å²) in [5.74, 6) is 1.73. The van der Waals surface area contributed by atoms with E-state index in [9.17, 15) is 0 Å². The summed E-state index contributed by atoms with van der Waals surface area (Å²) in [7, 11) is 0. The highest BCUT2D eigenvalue weighted by molar-refractivity contribution is 6.10. The van der Waals surface area contributed by atoms with Gasteiger partial charge in [-0.15, -0.1) is 24.8 Å². The van der Waals surface area contributed by atoms with Gasteiger partial charge in [0.25, 0.3) is 0 Å². The van der Waals surface area contributed by atoms with Crippen LogP contribution in [0.1, 0.15) is 38.5 Å². The van der Waals surface area contributed by atoms with Crippen molar-refractivity contribution in [1.82, 2.24) is 9.97 Å². The van der Waals surface area contributed by atoms with Crippen LogP contribution in [0, 0.1) is 0 Å². The van der Waals surface area contributed by atoms with Gasteiger partial charge in [-0.1, -0.05) is 123 Å². The highest BCUT2D eigenvalue weighted by atomic mass is 35.5. The number of fused-ring (bicyclic) bond motifs is 4. The van der Waals surface area contributed by atoms with E-state index in [0.717, 1.165) is 104 Å². The minimum absolute atomic E-state index is 0. The Bertz CT molecular complexity index is 2190. The van der Waals surface area contributed by atoms with Gasteiger partial charge in [-0.2, -0.15) is 0 Å². The van der Waals surface area contributed by atoms with Gasteiger partial charge in [-0.25, -0.2) is 9.97 Å². The molecule has 2 aromatic heterocycles. The van der Waals surface area contributed by atoms with Crippen molar-refractivity contribution in [3.05, 3.63) is 146 Å². The maximum atomic E-state index is 6.32. The van der Waals surface area contributed by atoms with Crippen molar-refractivity contribution in [2.24, 2.45) is 0 Å². The van der Waals surface area contributed by atoms with Gasteiger partial charge in [0.05, 0.1) is 58.0 Å². The van der Waals surface area contributed by atoms with Crippen LogP contribution in [0.2, 0.25) is 0 Å². The van der Waals surface area contributed by atoms with Crippen LogP contribution in [0.25, 0.3) is 43.6 Å². The van der Waals surface area contributed by atoms with E-state index >= 15 is 0 Å². The zero-order valence-electron chi connectivity index (χ0n) is 30.0. The zero-order chi connectivity index (χ0) is 35.0. The molecule has 2 N–H and O–H groups in total. The number of para-hydroxylation sites is 8. The van der Waals surface area contributed by atoms with Crippen LogP contribution in [0.15, 0.2) is 146 Å². The molecule has 0 atom stereocenters. The lowest BCUT2D eigenvalue weighted by Crippen LogP contribution is -2.02. The second-order valence-electron chi connectivity index (χ2n) is 13.1. The van der Waals surface area contributed by atoms with Crippen molar-refractivity contribution in [3.8, 4) is 11.5 Å². The van der Waals surface area contributed by atoms with Crippen LogP contribution in [0.3, 0.4) is 0 Å². The van der Waals surface area contributed by atoms with E-state index in [-0.39, 0.29) is 24.8 Å². The zero-order valence-corrected chi connectivity index (χ0v) is 31.7. The molecule has 6 nitrogen and oxygen atoms in total. The second-order valence-corrected chi connectivity index (χ2v) is 13.1. The lowest BCUT2D eigenvalue weighted by Gasteiger charge is -2.17. The van der Waals surface area contributed by atoms with Gasteiger partial charge in [0.1, 0.15) is 11.5 Å². The van der Waals surface area contributed by atoms with Gasteiger partial charge < -0.3 is 20.1 Å². The second kappa shape index (κ2) is 18.5. The molecular formula is C46H44Cl2N4O2. The predicted octanol–water partition coefficient (Wildman–Crippen LogP) is 13.2. The number of hydrogen-bond donors (Lipinski definition) is 2. The normalized spacial score (nSPS) is 10.9. The molecule has 0 amide bonds. The third kappa shape index (κ3) is 8.62. The number of pyridine rings is 2. The molecule has 54 heavy (non-hydrogen) atoms. The van der Waals surface area contributed by atoms with Gasteiger partial charge in [-0.05, 0) is 61.4 Å². The largest absolute Gasteiger partial charge is 0.491 e. The Morgan fingerprint density at radius 3 is 1.02 bits per heavy atom. The summed E-state index contributed by atoms with van der Waals surface area (Å²) in [4.78, 5) is 9.74. The third-order valence-electron chi connectivity index (χ3n) is 9.52. The highest BCUT2D eigenvalue weighted by Gasteiger charge is 2.13. The minimum atomic E-state index is 0. The number of unbranched alkanes of at least 4 members (excludes halogenated alkanes) is 5.